The van der Waals surface area contributed by atoms with E-state index in [1.807, 2.05) is 19.9 Å². The summed E-state index contributed by atoms with van der Waals surface area (Å²) in [7, 11) is 0. The lowest BCUT2D eigenvalue weighted by Gasteiger charge is -2.07. The third kappa shape index (κ3) is 3.91. The second-order valence-corrected chi connectivity index (χ2v) is 6.16. The fraction of sp³-hybridized carbons (Fsp3) is 0.250. The van der Waals surface area contributed by atoms with Gasteiger partial charge in [0.1, 0.15) is 5.76 Å². The lowest BCUT2D eigenvalue weighted by Crippen LogP contribution is -2.24. The molecule has 0 unspecified atom stereocenters. The molecule has 3 aromatic rings. The van der Waals surface area contributed by atoms with Gasteiger partial charge in [-0.3, -0.25) is 9.59 Å². The van der Waals surface area contributed by atoms with Crippen LogP contribution in [0.15, 0.2) is 51.9 Å². The molecule has 6 nitrogen and oxygen atoms in total. The lowest BCUT2D eigenvalue weighted by atomic mass is 10.0. The van der Waals surface area contributed by atoms with E-state index in [0.717, 1.165) is 35.4 Å². The van der Waals surface area contributed by atoms with Crippen molar-refractivity contribution < 1.29 is 9.32 Å². The molecule has 26 heavy (non-hydrogen) atoms. The van der Waals surface area contributed by atoms with Crippen LogP contribution in [0.25, 0.3) is 11.1 Å². The zero-order valence-electron chi connectivity index (χ0n) is 14.8. The number of aryl methyl sites for hydroxylation is 2. The Bertz CT molecular complexity index is 953. The van der Waals surface area contributed by atoms with Gasteiger partial charge in [-0.1, -0.05) is 17.3 Å². The minimum atomic E-state index is -0.176. The summed E-state index contributed by atoms with van der Waals surface area (Å²) < 4.78 is 5.14. The van der Waals surface area contributed by atoms with Crippen molar-refractivity contribution in [3.63, 3.8) is 0 Å². The largest absolute Gasteiger partial charge is 0.361 e. The molecule has 2 heterocycles. The molecule has 0 saturated heterocycles. The van der Waals surface area contributed by atoms with Crippen LogP contribution < -0.4 is 10.9 Å². The third-order valence-corrected chi connectivity index (χ3v) is 4.32. The highest BCUT2D eigenvalue weighted by atomic mass is 16.5. The van der Waals surface area contributed by atoms with Gasteiger partial charge in [-0.2, -0.15) is 0 Å². The third-order valence-electron chi connectivity index (χ3n) is 4.32. The van der Waals surface area contributed by atoms with Gasteiger partial charge in [0.2, 0.25) is 0 Å². The molecule has 1 amide bonds. The average Bonchev–Trinajstić information content (AvgIpc) is 2.97. The normalized spacial score (nSPS) is 10.7. The van der Waals surface area contributed by atoms with Gasteiger partial charge in [0.15, 0.2) is 0 Å². The van der Waals surface area contributed by atoms with Crippen LogP contribution in [0.5, 0.6) is 0 Å². The number of hydrogen-bond acceptors (Lipinski definition) is 4. The molecule has 2 aromatic heterocycles. The molecule has 0 radical (unpaired) electrons. The number of nitrogens with one attached hydrogen (secondary N) is 2. The van der Waals surface area contributed by atoms with E-state index in [9.17, 15) is 9.59 Å². The molecule has 0 aliphatic rings. The standard InChI is InChI=1S/C20H21N3O3/c1-13-17(14(2)26-23-13)8-4-10-21-19(24)16-7-3-6-15(12-16)18-9-5-11-22-20(18)25/h3,5-7,9,11-12H,4,8,10H2,1-2H3,(H,21,24)(H,22,25). The number of aromatic nitrogens is 2. The number of benzene rings is 1. The van der Waals surface area contributed by atoms with Gasteiger partial charge in [-0.05, 0) is 56.5 Å². The molecule has 1 aromatic carbocycles. The minimum Gasteiger partial charge on any atom is -0.361 e. The molecule has 134 valence electrons. The highest BCUT2D eigenvalue weighted by molar-refractivity contribution is 5.95. The van der Waals surface area contributed by atoms with E-state index in [-0.39, 0.29) is 11.5 Å². The molecule has 0 atom stereocenters. The predicted molar refractivity (Wildman–Crippen MR) is 99.1 cm³/mol. The maximum absolute atomic E-state index is 12.4. The quantitative estimate of drug-likeness (QED) is 0.668. The van der Waals surface area contributed by atoms with Gasteiger partial charge < -0.3 is 14.8 Å². The summed E-state index contributed by atoms with van der Waals surface area (Å²) in [4.78, 5) is 26.9. The van der Waals surface area contributed by atoms with Crippen LogP contribution in [0.4, 0.5) is 0 Å². The van der Waals surface area contributed by atoms with E-state index in [2.05, 4.69) is 15.5 Å². The summed E-state index contributed by atoms with van der Waals surface area (Å²) >= 11 is 0. The molecule has 0 aliphatic carbocycles. The molecule has 3 rings (SSSR count). The van der Waals surface area contributed by atoms with Crippen molar-refractivity contribution in [3.8, 4) is 11.1 Å². The highest BCUT2D eigenvalue weighted by Gasteiger charge is 2.10. The van der Waals surface area contributed by atoms with Crippen LogP contribution in [0.2, 0.25) is 0 Å². The predicted octanol–water partition coefficient (Wildman–Crippen LogP) is 3.01. The van der Waals surface area contributed by atoms with Crippen LogP contribution in [-0.4, -0.2) is 22.6 Å². The smallest absolute Gasteiger partial charge is 0.255 e. The second-order valence-electron chi connectivity index (χ2n) is 6.16. The lowest BCUT2D eigenvalue weighted by molar-refractivity contribution is 0.0953. The Morgan fingerprint density at radius 2 is 2.08 bits per heavy atom. The SMILES string of the molecule is Cc1noc(C)c1CCCNC(=O)c1cccc(-c2ccc[nH]c2=O)c1. The zero-order chi connectivity index (χ0) is 18.5. The molecule has 0 fully saturated rings. The molecular formula is C20H21N3O3. The first-order valence-electron chi connectivity index (χ1n) is 8.54. The first-order valence-corrected chi connectivity index (χ1v) is 8.54. The number of H-pyrrole nitrogens is 1. The Morgan fingerprint density at radius 3 is 2.81 bits per heavy atom. The highest BCUT2D eigenvalue weighted by Crippen LogP contribution is 2.17. The number of nitrogens with zero attached hydrogens (tertiary/aromatic N) is 1. The average molecular weight is 351 g/mol. The summed E-state index contributed by atoms with van der Waals surface area (Å²) in [6.07, 6.45) is 3.19. The Labute approximate surface area is 151 Å². The molecule has 6 heteroatoms. The van der Waals surface area contributed by atoms with Crippen LogP contribution in [0.3, 0.4) is 0 Å². The van der Waals surface area contributed by atoms with Gasteiger partial charge in [0, 0.05) is 29.4 Å². The summed E-state index contributed by atoms with van der Waals surface area (Å²) in [5, 5.41) is 6.85. The molecule has 0 saturated carbocycles. The number of carbonyl (C=O) groups is 1. The van der Waals surface area contributed by atoms with Crippen molar-refractivity contribution in [1.82, 2.24) is 15.5 Å². The van der Waals surface area contributed by atoms with Crippen LogP contribution in [-0.2, 0) is 6.42 Å². The Hall–Kier alpha value is -3.15. The van der Waals surface area contributed by atoms with Crippen LogP contribution >= 0.6 is 0 Å². The second kappa shape index (κ2) is 7.82. The summed E-state index contributed by atoms with van der Waals surface area (Å²) in [6.45, 7) is 4.37. The van der Waals surface area contributed by atoms with Crippen LogP contribution in [0, 0.1) is 13.8 Å². The first kappa shape index (κ1) is 17.7. The zero-order valence-corrected chi connectivity index (χ0v) is 14.8. The molecule has 2 N–H and O–H groups in total. The van der Waals surface area contributed by atoms with E-state index in [0.29, 0.717) is 17.7 Å². The van der Waals surface area contributed by atoms with Crippen molar-refractivity contribution >= 4 is 5.91 Å². The van der Waals surface area contributed by atoms with Gasteiger partial charge in [-0.25, -0.2) is 0 Å². The Balaban J connectivity index is 1.61. The van der Waals surface area contributed by atoms with E-state index in [1.165, 1.54) is 0 Å². The van der Waals surface area contributed by atoms with Gasteiger partial charge in [-0.15, -0.1) is 0 Å². The van der Waals surface area contributed by atoms with Crippen molar-refractivity contribution in [2.24, 2.45) is 0 Å². The van der Waals surface area contributed by atoms with Crippen LogP contribution in [0.1, 0.15) is 33.8 Å². The number of hydrogen-bond donors (Lipinski definition) is 2. The fourth-order valence-electron chi connectivity index (χ4n) is 2.90. The number of rotatable bonds is 6. The summed E-state index contributed by atoms with van der Waals surface area (Å²) in [6, 6.07) is 10.6. The number of amides is 1. The summed E-state index contributed by atoms with van der Waals surface area (Å²) in [5.74, 6) is 0.674. The molecule has 0 aliphatic heterocycles. The molecular weight excluding hydrogens is 330 g/mol. The first-order chi connectivity index (χ1) is 12.6. The van der Waals surface area contributed by atoms with Crippen molar-refractivity contribution in [2.75, 3.05) is 6.54 Å². The summed E-state index contributed by atoms with van der Waals surface area (Å²) in [5.41, 5.74) is 3.61. The monoisotopic (exact) mass is 351 g/mol. The maximum Gasteiger partial charge on any atom is 0.255 e. The van der Waals surface area contributed by atoms with E-state index in [4.69, 9.17) is 4.52 Å². The van der Waals surface area contributed by atoms with E-state index < -0.39 is 0 Å². The Kier molecular flexibility index (Phi) is 5.31. The van der Waals surface area contributed by atoms with E-state index >= 15 is 0 Å². The molecule has 0 bridgehead atoms. The van der Waals surface area contributed by atoms with Crippen molar-refractivity contribution in [3.05, 3.63) is 75.5 Å². The topological polar surface area (TPSA) is 88.0 Å². The van der Waals surface area contributed by atoms with Gasteiger partial charge in [0.05, 0.1) is 5.69 Å². The van der Waals surface area contributed by atoms with Crippen molar-refractivity contribution in [1.29, 1.82) is 0 Å². The fourth-order valence-corrected chi connectivity index (χ4v) is 2.90. The maximum atomic E-state index is 12.4. The van der Waals surface area contributed by atoms with E-state index in [1.54, 1.807) is 36.5 Å². The van der Waals surface area contributed by atoms with Gasteiger partial charge in [0.25, 0.3) is 11.5 Å². The molecule has 0 spiro atoms. The van der Waals surface area contributed by atoms with Crippen molar-refractivity contribution in [2.45, 2.75) is 26.7 Å². The number of carbonyl (C=O) groups excluding carboxylic acids is 1. The van der Waals surface area contributed by atoms with Gasteiger partial charge >= 0.3 is 0 Å². The minimum absolute atomic E-state index is 0.155. The number of aromatic amines is 1. The number of pyridine rings is 1. The Morgan fingerprint density at radius 1 is 1.23 bits per heavy atom.